The first-order chi connectivity index (χ1) is 9.49. The van der Waals surface area contributed by atoms with Gasteiger partial charge in [-0.1, -0.05) is 18.2 Å². The summed E-state index contributed by atoms with van der Waals surface area (Å²) in [7, 11) is 0. The van der Waals surface area contributed by atoms with Crippen LogP contribution in [0.25, 0.3) is 0 Å². The normalized spacial score (nSPS) is 29.9. The monoisotopic (exact) mass is 294 g/mol. The van der Waals surface area contributed by atoms with Gasteiger partial charge in [-0.25, -0.2) is 0 Å². The van der Waals surface area contributed by atoms with Crippen LogP contribution in [0, 0.1) is 11.8 Å². The van der Waals surface area contributed by atoms with E-state index in [2.05, 4.69) is 0 Å². The van der Waals surface area contributed by atoms with Gasteiger partial charge in [0.25, 0.3) is 0 Å². The fraction of sp³-hybridized carbons (Fsp3) is 0.429. The van der Waals surface area contributed by atoms with Crippen LogP contribution in [0.4, 0.5) is 0 Å². The fourth-order valence-corrected chi connectivity index (χ4v) is 3.70. The third kappa shape index (κ3) is 3.32. The van der Waals surface area contributed by atoms with Crippen LogP contribution < -0.4 is 10.2 Å². The van der Waals surface area contributed by atoms with Gasteiger partial charge in [-0.15, -0.1) is 11.8 Å². The highest BCUT2D eigenvalue weighted by Gasteiger charge is 2.38. The molecule has 0 bridgehead atoms. The van der Waals surface area contributed by atoms with E-state index in [4.69, 9.17) is 0 Å². The smallest absolute Gasteiger partial charge is 0.0669 e. The number of aliphatic hydroxyl groups is 1. The highest BCUT2D eigenvalue weighted by Crippen LogP contribution is 2.39. The van der Waals surface area contributed by atoms with Gasteiger partial charge < -0.3 is 24.9 Å². The minimum absolute atomic E-state index is 0.0572. The zero-order chi connectivity index (χ0) is 14.7. The summed E-state index contributed by atoms with van der Waals surface area (Å²) >= 11 is 1.35. The Morgan fingerprint density at radius 3 is 2.15 bits per heavy atom. The summed E-state index contributed by atoms with van der Waals surface area (Å²) in [5, 5.41) is 31.7. The van der Waals surface area contributed by atoms with Gasteiger partial charge in [-0.3, -0.25) is 0 Å². The van der Waals surface area contributed by atoms with E-state index < -0.39 is 29.9 Å². The van der Waals surface area contributed by atoms with Crippen LogP contribution in [0.1, 0.15) is 12.8 Å². The number of carbonyl (C=O) groups is 2. The Kier molecular flexibility index (Phi) is 4.67. The average molecular weight is 294 g/mol. The summed E-state index contributed by atoms with van der Waals surface area (Å²) in [5.74, 6) is -5.15. The van der Waals surface area contributed by atoms with Crippen LogP contribution in [0.5, 0.6) is 0 Å². The van der Waals surface area contributed by atoms with Crippen LogP contribution >= 0.6 is 11.8 Å². The van der Waals surface area contributed by atoms with Crippen molar-refractivity contribution in [1.29, 1.82) is 0 Å². The van der Waals surface area contributed by atoms with E-state index in [0.29, 0.717) is 0 Å². The number of benzene rings is 1. The van der Waals surface area contributed by atoms with Crippen LogP contribution in [0.2, 0.25) is 0 Å². The van der Waals surface area contributed by atoms with Crippen LogP contribution in [0.3, 0.4) is 0 Å². The number of rotatable bonds is 4. The highest BCUT2D eigenvalue weighted by atomic mass is 32.2. The molecule has 108 valence electrons. The van der Waals surface area contributed by atoms with Crippen molar-refractivity contribution in [1.82, 2.24) is 0 Å². The number of hydrogen-bond donors (Lipinski definition) is 1. The van der Waals surface area contributed by atoms with Crippen molar-refractivity contribution in [3.63, 3.8) is 0 Å². The molecule has 20 heavy (non-hydrogen) atoms. The lowest BCUT2D eigenvalue weighted by Crippen LogP contribution is -2.51. The quantitative estimate of drug-likeness (QED) is 0.767. The maximum absolute atomic E-state index is 11.1. The van der Waals surface area contributed by atoms with E-state index in [0.717, 1.165) is 4.90 Å². The minimum atomic E-state index is -1.44. The predicted octanol–water partition coefficient (Wildman–Crippen LogP) is -0.966. The summed E-state index contributed by atoms with van der Waals surface area (Å²) in [6.07, 6.45) is -0.939. The van der Waals surface area contributed by atoms with Gasteiger partial charge in [0, 0.05) is 33.9 Å². The predicted molar refractivity (Wildman–Crippen MR) is 68.3 cm³/mol. The molecule has 2 rings (SSSR count). The Bertz CT molecular complexity index is 490. The van der Waals surface area contributed by atoms with Gasteiger partial charge in [0.05, 0.1) is 6.10 Å². The molecule has 0 spiro atoms. The van der Waals surface area contributed by atoms with Gasteiger partial charge in [-0.05, 0) is 25.0 Å². The van der Waals surface area contributed by atoms with E-state index in [1.807, 2.05) is 30.3 Å². The van der Waals surface area contributed by atoms with E-state index >= 15 is 0 Å². The molecule has 0 heterocycles. The van der Waals surface area contributed by atoms with Gasteiger partial charge >= 0.3 is 0 Å². The SMILES string of the molecule is O=C([O-])[C@H]1C[C@@H](Sc2ccccc2)[C@@H](O)C[C@H]1C(=O)[O-]. The number of carboxylic acids is 2. The number of aliphatic hydroxyl groups excluding tert-OH is 1. The molecule has 1 saturated carbocycles. The average Bonchev–Trinajstić information content (AvgIpc) is 2.41. The summed E-state index contributed by atoms with van der Waals surface area (Å²) in [6, 6.07) is 9.26. The number of carboxylic acid groups (broad SMARTS) is 2. The van der Waals surface area contributed by atoms with Crippen LogP contribution in [0.15, 0.2) is 35.2 Å². The molecular weight excluding hydrogens is 280 g/mol. The number of carbonyl (C=O) groups excluding carboxylic acids is 2. The second kappa shape index (κ2) is 6.28. The maximum Gasteiger partial charge on any atom is 0.0669 e. The van der Waals surface area contributed by atoms with Crippen molar-refractivity contribution in [3.05, 3.63) is 30.3 Å². The van der Waals surface area contributed by atoms with E-state index in [1.165, 1.54) is 11.8 Å². The number of aliphatic carboxylic acids is 2. The first kappa shape index (κ1) is 14.9. The number of thioether (sulfide) groups is 1. The first-order valence-corrected chi connectivity index (χ1v) is 7.18. The summed E-state index contributed by atoms with van der Waals surface area (Å²) in [6.45, 7) is 0. The molecule has 0 radical (unpaired) electrons. The Morgan fingerprint density at radius 2 is 1.60 bits per heavy atom. The third-order valence-corrected chi connectivity index (χ3v) is 4.89. The molecule has 0 aromatic heterocycles. The molecule has 6 heteroatoms. The molecular formula is C14H14O5S-2. The molecule has 0 unspecified atom stereocenters. The van der Waals surface area contributed by atoms with E-state index in [1.54, 1.807) is 0 Å². The minimum Gasteiger partial charge on any atom is -0.550 e. The second-order valence-electron chi connectivity index (χ2n) is 4.86. The lowest BCUT2D eigenvalue weighted by molar-refractivity contribution is -0.329. The third-order valence-electron chi connectivity index (χ3n) is 3.53. The maximum atomic E-state index is 11.1. The van der Waals surface area contributed by atoms with Crippen molar-refractivity contribution in [2.24, 2.45) is 11.8 Å². The standard InChI is InChI=1S/C14H16O5S/c15-11-6-9(13(16)17)10(14(18)19)7-12(11)20-8-4-2-1-3-5-8/h1-5,9-12,15H,6-7H2,(H,16,17)(H,18,19)/p-2/t9-,10+,11+,12-/m1/s1. The molecule has 1 aliphatic rings. The highest BCUT2D eigenvalue weighted by molar-refractivity contribution is 8.00. The van der Waals surface area contributed by atoms with Gasteiger partial charge in [0.15, 0.2) is 0 Å². The van der Waals surface area contributed by atoms with Gasteiger partial charge in [-0.2, -0.15) is 0 Å². The molecule has 0 aliphatic heterocycles. The Morgan fingerprint density at radius 1 is 1.05 bits per heavy atom. The van der Waals surface area contributed by atoms with E-state index in [-0.39, 0.29) is 18.1 Å². The van der Waals surface area contributed by atoms with Crippen molar-refractivity contribution in [3.8, 4) is 0 Å². The Labute approximate surface area is 120 Å². The second-order valence-corrected chi connectivity index (χ2v) is 6.17. The van der Waals surface area contributed by atoms with Crippen LogP contribution in [-0.2, 0) is 9.59 Å². The molecule has 1 aromatic carbocycles. The molecule has 1 aliphatic carbocycles. The lowest BCUT2D eigenvalue weighted by Gasteiger charge is -2.39. The topological polar surface area (TPSA) is 100 Å². The molecule has 5 nitrogen and oxygen atoms in total. The fourth-order valence-electron chi connectivity index (χ4n) is 2.47. The largest absolute Gasteiger partial charge is 0.550 e. The van der Waals surface area contributed by atoms with Crippen molar-refractivity contribution >= 4 is 23.7 Å². The molecule has 1 fully saturated rings. The van der Waals surface area contributed by atoms with Gasteiger partial charge in [0.1, 0.15) is 0 Å². The number of hydrogen-bond acceptors (Lipinski definition) is 6. The zero-order valence-corrected chi connectivity index (χ0v) is 11.4. The summed E-state index contributed by atoms with van der Waals surface area (Å²) in [4.78, 5) is 22.9. The Hall–Kier alpha value is -1.53. The molecule has 0 saturated heterocycles. The zero-order valence-electron chi connectivity index (χ0n) is 10.6. The van der Waals surface area contributed by atoms with Crippen LogP contribution in [-0.4, -0.2) is 28.4 Å². The first-order valence-electron chi connectivity index (χ1n) is 6.30. The van der Waals surface area contributed by atoms with Gasteiger partial charge in [0.2, 0.25) is 0 Å². The van der Waals surface area contributed by atoms with E-state index in [9.17, 15) is 24.9 Å². The molecule has 4 atom stereocenters. The summed E-state index contributed by atoms with van der Waals surface area (Å²) in [5.41, 5.74) is 0. The van der Waals surface area contributed by atoms with Crippen molar-refractivity contribution in [2.45, 2.75) is 29.1 Å². The molecule has 1 N–H and O–H groups in total. The lowest BCUT2D eigenvalue weighted by atomic mass is 9.77. The van der Waals surface area contributed by atoms with Crippen molar-refractivity contribution in [2.75, 3.05) is 0 Å². The molecule has 0 amide bonds. The van der Waals surface area contributed by atoms with Crippen molar-refractivity contribution < 1.29 is 24.9 Å². The summed E-state index contributed by atoms with van der Waals surface area (Å²) < 4.78 is 0. The molecule has 1 aromatic rings. The Balaban J connectivity index is 2.12.